The fraction of sp³-hybridized carbons (Fsp3) is 0.667. The van der Waals surface area contributed by atoms with Gasteiger partial charge in [-0.1, -0.05) is 6.07 Å². The van der Waals surface area contributed by atoms with E-state index in [-0.39, 0.29) is 17.5 Å². The standard InChI is InChI=1S/C21H30N2O/c1-13-4-14(2)6-19(5-13)22-15(3)20(24)23-21-10-16-7-17(11-21)9-18(8-16)12-21/h4-6,15-18,22H,7-12H2,1-3H3,(H,23,24)/t15-,16?,17?,18?,21?/m1/s1. The molecule has 3 heteroatoms. The molecule has 0 unspecified atom stereocenters. The van der Waals surface area contributed by atoms with Crippen LogP contribution in [0.5, 0.6) is 0 Å². The van der Waals surface area contributed by atoms with Gasteiger partial charge in [0.1, 0.15) is 6.04 Å². The van der Waals surface area contributed by atoms with Gasteiger partial charge >= 0.3 is 0 Å². The molecule has 4 fully saturated rings. The van der Waals surface area contributed by atoms with E-state index in [9.17, 15) is 4.79 Å². The van der Waals surface area contributed by atoms with Gasteiger partial charge in [-0.15, -0.1) is 0 Å². The Hall–Kier alpha value is -1.51. The van der Waals surface area contributed by atoms with E-state index in [1.54, 1.807) is 0 Å². The maximum Gasteiger partial charge on any atom is 0.242 e. The van der Waals surface area contributed by atoms with Gasteiger partial charge in [-0.05, 0) is 100 Å². The summed E-state index contributed by atoms with van der Waals surface area (Å²) in [6.07, 6.45) is 7.85. The summed E-state index contributed by atoms with van der Waals surface area (Å²) in [5.74, 6) is 2.74. The number of hydrogen-bond donors (Lipinski definition) is 2. The second-order valence-electron chi connectivity index (χ2n) is 8.93. The molecule has 4 bridgehead atoms. The van der Waals surface area contributed by atoms with Gasteiger partial charge in [0.2, 0.25) is 5.91 Å². The number of rotatable bonds is 4. The van der Waals surface area contributed by atoms with Crippen molar-refractivity contribution in [3.63, 3.8) is 0 Å². The number of amides is 1. The Balaban J connectivity index is 1.42. The first kappa shape index (κ1) is 16.0. The molecule has 4 saturated carbocycles. The van der Waals surface area contributed by atoms with Crippen molar-refractivity contribution in [2.24, 2.45) is 17.8 Å². The summed E-state index contributed by atoms with van der Waals surface area (Å²) in [4.78, 5) is 12.8. The fourth-order valence-electron chi connectivity index (χ4n) is 6.01. The molecule has 0 aromatic heterocycles. The third-order valence-electron chi connectivity index (χ3n) is 6.42. The van der Waals surface area contributed by atoms with Crippen LogP contribution in [0.25, 0.3) is 0 Å². The number of anilines is 1. The van der Waals surface area contributed by atoms with E-state index in [0.717, 1.165) is 23.4 Å². The van der Waals surface area contributed by atoms with Crippen molar-refractivity contribution in [3.05, 3.63) is 29.3 Å². The van der Waals surface area contributed by atoms with Gasteiger partial charge in [0.15, 0.2) is 0 Å². The van der Waals surface area contributed by atoms with E-state index in [1.165, 1.54) is 49.7 Å². The molecule has 130 valence electrons. The molecule has 3 nitrogen and oxygen atoms in total. The molecule has 1 aromatic rings. The monoisotopic (exact) mass is 326 g/mol. The van der Waals surface area contributed by atoms with Crippen molar-refractivity contribution in [1.82, 2.24) is 5.32 Å². The summed E-state index contributed by atoms with van der Waals surface area (Å²) < 4.78 is 0. The molecule has 1 amide bonds. The van der Waals surface area contributed by atoms with Gasteiger partial charge in [0.05, 0.1) is 0 Å². The van der Waals surface area contributed by atoms with Crippen LogP contribution < -0.4 is 10.6 Å². The van der Waals surface area contributed by atoms with Gasteiger partial charge in [0.25, 0.3) is 0 Å². The Morgan fingerprint density at radius 3 is 2.00 bits per heavy atom. The second-order valence-corrected chi connectivity index (χ2v) is 8.93. The van der Waals surface area contributed by atoms with E-state index < -0.39 is 0 Å². The summed E-state index contributed by atoms with van der Waals surface area (Å²) in [6.45, 7) is 6.17. The van der Waals surface area contributed by atoms with Crippen molar-refractivity contribution in [3.8, 4) is 0 Å². The van der Waals surface area contributed by atoms with Gasteiger partial charge in [0, 0.05) is 11.2 Å². The number of benzene rings is 1. The van der Waals surface area contributed by atoms with Crippen LogP contribution in [0.4, 0.5) is 5.69 Å². The van der Waals surface area contributed by atoms with Gasteiger partial charge in [-0.2, -0.15) is 0 Å². The van der Waals surface area contributed by atoms with Crippen LogP contribution in [0, 0.1) is 31.6 Å². The molecule has 24 heavy (non-hydrogen) atoms. The Morgan fingerprint density at radius 1 is 1.00 bits per heavy atom. The third kappa shape index (κ3) is 3.05. The summed E-state index contributed by atoms with van der Waals surface area (Å²) in [7, 11) is 0. The maximum atomic E-state index is 12.8. The molecule has 0 spiro atoms. The highest BCUT2D eigenvalue weighted by Crippen LogP contribution is 2.55. The largest absolute Gasteiger partial charge is 0.374 e. The molecule has 0 radical (unpaired) electrons. The Labute approximate surface area is 145 Å². The van der Waals surface area contributed by atoms with Gasteiger partial charge < -0.3 is 10.6 Å². The lowest BCUT2D eigenvalue weighted by Gasteiger charge is -2.57. The SMILES string of the molecule is Cc1cc(C)cc(N[C@H](C)C(=O)NC23CC4CC(CC(C4)C2)C3)c1. The van der Waals surface area contributed by atoms with Crippen LogP contribution >= 0.6 is 0 Å². The fourth-order valence-corrected chi connectivity index (χ4v) is 6.01. The van der Waals surface area contributed by atoms with Crippen LogP contribution in [0.15, 0.2) is 18.2 Å². The van der Waals surface area contributed by atoms with E-state index >= 15 is 0 Å². The zero-order valence-electron chi connectivity index (χ0n) is 15.2. The zero-order valence-corrected chi connectivity index (χ0v) is 15.2. The molecule has 5 rings (SSSR count). The average Bonchev–Trinajstić information content (AvgIpc) is 2.43. The normalized spacial score (nSPS) is 34.9. The van der Waals surface area contributed by atoms with Crippen molar-refractivity contribution in [2.75, 3.05) is 5.32 Å². The van der Waals surface area contributed by atoms with E-state index in [1.807, 2.05) is 6.92 Å². The minimum atomic E-state index is -0.195. The minimum absolute atomic E-state index is 0.101. The summed E-state index contributed by atoms with van der Waals surface area (Å²) >= 11 is 0. The van der Waals surface area contributed by atoms with Crippen LogP contribution in [0.3, 0.4) is 0 Å². The van der Waals surface area contributed by atoms with Crippen molar-refractivity contribution >= 4 is 11.6 Å². The van der Waals surface area contributed by atoms with Crippen molar-refractivity contribution in [2.45, 2.75) is 70.9 Å². The van der Waals surface area contributed by atoms with Crippen molar-refractivity contribution in [1.29, 1.82) is 0 Å². The number of hydrogen-bond acceptors (Lipinski definition) is 2. The van der Waals surface area contributed by atoms with E-state index in [4.69, 9.17) is 0 Å². The van der Waals surface area contributed by atoms with Crippen molar-refractivity contribution < 1.29 is 4.79 Å². The first-order chi connectivity index (χ1) is 11.4. The number of nitrogens with one attached hydrogen (secondary N) is 2. The number of aryl methyl sites for hydroxylation is 2. The lowest BCUT2D eigenvalue weighted by atomic mass is 9.53. The molecular formula is C21H30N2O. The Morgan fingerprint density at radius 2 is 1.50 bits per heavy atom. The molecule has 0 heterocycles. The quantitative estimate of drug-likeness (QED) is 0.871. The predicted octanol–water partition coefficient (Wildman–Crippen LogP) is 4.19. The number of carbonyl (C=O) groups is 1. The molecule has 4 aliphatic rings. The Kier molecular flexibility index (Phi) is 3.85. The molecule has 1 aromatic carbocycles. The molecule has 0 saturated heterocycles. The topological polar surface area (TPSA) is 41.1 Å². The highest BCUT2D eigenvalue weighted by molar-refractivity contribution is 5.85. The molecule has 0 aliphatic heterocycles. The smallest absolute Gasteiger partial charge is 0.242 e. The van der Waals surface area contributed by atoms with E-state index in [2.05, 4.69) is 42.7 Å². The average molecular weight is 326 g/mol. The van der Waals surface area contributed by atoms with Crippen LogP contribution in [-0.4, -0.2) is 17.5 Å². The first-order valence-corrected chi connectivity index (χ1v) is 9.58. The van der Waals surface area contributed by atoms with Crippen LogP contribution in [0.1, 0.15) is 56.6 Å². The molecule has 4 aliphatic carbocycles. The predicted molar refractivity (Wildman–Crippen MR) is 98.0 cm³/mol. The van der Waals surface area contributed by atoms with Crippen LogP contribution in [-0.2, 0) is 4.79 Å². The highest BCUT2D eigenvalue weighted by atomic mass is 16.2. The lowest BCUT2D eigenvalue weighted by Crippen LogP contribution is -2.61. The maximum absolute atomic E-state index is 12.8. The first-order valence-electron chi connectivity index (χ1n) is 9.58. The molecular weight excluding hydrogens is 296 g/mol. The zero-order chi connectivity index (χ0) is 16.9. The second kappa shape index (κ2) is 5.79. The highest BCUT2D eigenvalue weighted by Gasteiger charge is 2.51. The lowest BCUT2D eigenvalue weighted by molar-refractivity contribution is -0.127. The molecule has 2 N–H and O–H groups in total. The van der Waals surface area contributed by atoms with Gasteiger partial charge in [-0.3, -0.25) is 4.79 Å². The summed E-state index contributed by atoms with van der Waals surface area (Å²) in [5, 5.41) is 6.87. The summed E-state index contributed by atoms with van der Waals surface area (Å²) in [6, 6.07) is 6.19. The Bertz CT molecular complexity index is 596. The minimum Gasteiger partial charge on any atom is -0.374 e. The third-order valence-corrected chi connectivity index (χ3v) is 6.42. The number of carbonyl (C=O) groups excluding carboxylic acids is 1. The van der Waals surface area contributed by atoms with E-state index in [0.29, 0.717) is 0 Å². The van der Waals surface area contributed by atoms with Crippen LogP contribution in [0.2, 0.25) is 0 Å². The molecule has 1 atom stereocenters. The summed E-state index contributed by atoms with van der Waals surface area (Å²) in [5.41, 5.74) is 3.60. The van der Waals surface area contributed by atoms with Gasteiger partial charge in [-0.25, -0.2) is 0 Å².